The number of rotatable bonds is 7. The standard InChI is InChI=1S/C15H27NO3S/c1-3-16-15(14(17)18)8-4-5-12(15)7-10-20-13-6-9-19-11(13)2/h11-13,16H,3-10H2,1-2H3,(H,17,18). The van der Waals surface area contributed by atoms with Gasteiger partial charge in [0.15, 0.2) is 0 Å². The van der Waals surface area contributed by atoms with Gasteiger partial charge in [-0.25, -0.2) is 0 Å². The fraction of sp³-hybridized carbons (Fsp3) is 0.933. The highest BCUT2D eigenvalue weighted by molar-refractivity contribution is 7.99. The van der Waals surface area contributed by atoms with Crippen LogP contribution in [0.3, 0.4) is 0 Å². The first-order valence-electron chi connectivity index (χ1n) is 7.81. The Morgan fingerprint density at radius 1 is 1.50 bits per heavy atom. The van der Waals surface area contributed by atoms with Crippen molar-refractivity contribution < 1.29 is 14.6 Å². The van der Waals surface area contributed by atoms with Crippen LogP contribution in [-0.4, -0.2) is 46.9 Å². The summed E-state index contributed by atoms with van der Waals surface area (Å²) in [7, 11) is 0. The number of hydrogen-bond acceptors (Lipinski definition) is 4. The molecule has 1 saturated carbocycles. The lowest BCUT2D eigenvalue weighted by atomic mass is 9.85. The molecule has 1 saturated heterocycles. The molecule has 1 heterocycles. The second kappa shape index (κ2) is 7.14. The van der Waals surface area contributed by atoms with E-state index in [1.165, 1.54) is 0 Å². The number of hydrogen-bond donors (Lipinski definition) is 2. The van der Waals surface area contributed by atoms with Crippen LogP contribution in [-0.2, 0) is 9.53 Å². The highest BCUT2D eigenvalue weighted by atomic mass is 32.2. The Hall–Kier alpha value is -0.260. The fourth-order valence-corrected chi connectivity index (χ4v) is 5.00. The number of likely N-dealkylation sites (N-methyl/N-ethyl adjacent to an activating group) is 1. The summed E-state index contributed by atoms with van der Waals surface area (Å²) >= 11 is 1.96. The van der Waals surface area contributed by atoms with Crippen LogP contribution in [0.5, 0.6) is 0 Å². The molecule has 0 spiro atoms. The van der Waals surface area contributed by atoms with E-state index >= 15 is 0 Å². The molecule has 1 aliphatic heterocycles. The highest BCUT2D eigenvalue weighted by Gasteiger charge is 2.48. The quantitative estimate of drug-likeness (QED) is 0.757. The monoisotopic (exact) mass is 301 g/mol. The molecular weight excluding hydrogens is 274 g/mol. The van der Waals surface area contributed by atoms with Gasteiger partial charge in [-0.05, 0) is 50.8 Å². The van der Waals surface area contributed by atoms with E-state index in [1.54, 1.807) is 0 Å². The molecule has 20 heavy (non-hydrogen) atoms. The van der Waals surface area contributed by atoms with Gasteiger partial charge in [-0.3, -0.25) is 4.79 Å². The fourth-order valence-electron chi connectivity index (χ4n) is 3.67. The number of carboxylic acids is 1. The van der Waals surface area contributed by atoms with E-state index in [1.807, 2.05) is 18.7 Å². The summed E-state index contributed by atoms with van der Waals surface area (Å²) in [6.45, 7) is 5.73. The molecule has 0 amide bonds. The summed E-state index contributed by atoms with van der Waals surface area (Å²) in [4.78, 5) is 11.7. The zero-order chi connectivity index (χ0) is 14.6. The minimum atomic E-state index is -0.674. The largest absolute Gasteiger partial charge is 0.480 e. The Balaban J connectivity index is 1.85. The van der Waals surface area contributed by atoms with E-state index in [9.17, 15) is 9.90 Å². The third-order valence-electron chi connectivity index (χ3n) is 4.80. The van der Waals surface area contributed by atoms with E-state index in [-0.39, 0.29) is 5.92 Å². The van der Waals surface area contributed by atoms with Crippen molar-refractivity contribution in [2.24, 2.45) is 5.92 Å². The van der Waals surface area contributed by atoms with Gasteiger partial charge in [-0.15, -0.1) is 0 Å². The molecule has 4 unspecified atom stereocenters. The Labute approximate surface area is 126 Å². The first-order chi connectivity index (χ1) is 9.60. The Kier molecular flexibility index (Phi) is 5.75. The first kappa shape index (κ1) is 16.1. The normalized spacial score (nSPS) is 37.4. The van der Waals surface area contributed by atoms with Gasteiger partial charge < -0.3 is 15.2 Å². The zero-order valence-corrected chi connectivity index (χ0v) is 13.4. The van der Waals surface area contributed by atoms with Crippen LogP contribution in [0.15, 0.2) is 0 Å². The average Bonchev–Trinajstić information content (AvgIpc) is 2.99. The van der Waals surface area contributed by atoms with E-state index in [0.717, 1.165) is 51.0 Å². The van der Waals surface area contributed by atoms with Crippen molar-refractivity contribution in [2.45, 2.75) is 62.8 Å². The molecule has 0 bridgehead atoms. The van der Waals surface area contributed by atoms with Crippen molar-refractivity contribution in [3.63, 3.8) is 0 Å². The summed E-state index contributed by atoms with van der Waals surface area (Å²) in [6, 6.07) is 0. The smallest absolute Gasteiger partial charge is 0.324 e. The van der Waals surface area contributed by atoms with E-state index < -0.39 is 11.5 Å². The van der Waals surface area contributed by atoms with Crippen LogP contribution >= 0.6 is 11.8 Å². The molecule has 1 aliphatic carbocycles. The molecule has 4 nitrogen and oxygen atoms in total. The lowest BCUT2D eigenvalue weighted by Gasteiger charge is -2.32. The van der Waals surface area contributed by atoms with Gasteiger partial charge in [0.1, 0.15) is 5.54 Å². The highest BCUT2D eigenvalue weighted by Crippen LogP contribution is 2.39. The maximum absolute atomic E-state index is 11.7. The predicted molar refractivity (Wildman–Crippen MR) is 82.3 cm³/mol. The molecule has 116 valence electrons. The summed E-state index contributed by atoms with van der Waals surface area (Å²) in [5, 5.41) is 13.5. The summed E-state index contributed by atoms with van der Waals surface area (Å²) < 4.78 is 5.58. The maximum atomic E-state index is 11.7. The van der Waals surface area contributed by atoms with Crippen LogP contribution in [0, 0.1) is 5.92 Å². The van der Waals surface area contributed by atoms with Crippen LogP contribution in [0.4, 0.5) is 0 Å². The van der Waals surface area contributed by atoms with Crippen LogP contribution < -0.4 is 5.32 Å². The van der Waals surface area contributed by atoms with Crippen molar-refractivity contribution in [2.75, 3.05) is 18.9 Å². The molecule has 0 radical (unpaired) electrons. The molecule has 2 rings (SSSR count). The SMILES string of the molecule is CCNC1(C(=O)O)CCCC1CCSC1CCOC1C. The minimum absolute atomic E-state index is 0.269. The number of thioether (sulfide) groups is 1. The lowest BCUT2D eigenvalue weighted by molar-refractivity contribution is -0.146. The van der Waals surface area contributed by atoms with Crippen molar-refractivity contribution in [3.05, 3.63) is 0 Å². The van der Waals surface area contributed by atoms with Gasteiger partial charge in [0.05, 0.1) is 6.10 Å². The lowest BCUT2D eigenvalue weighted by Crippen LogP contribution is -2.54. The van der Waals surface area contributed by atoms with Crippen molar-refractivity contribution in [3.8, 4) is 0 Å². The van der Waals surface area contributed by atoms with Crippen molar-refractivity contribution >= 4 is 17.7 Å². The van der Waals surface area contributed by atoms with Crippen molar-refractivity contribution in [1.29, 1.82) is 0 Å². The van der Waals surface area contributed by atoms with Gasteiger partial charge in [0.25, 0.3) is 0 Å². The molecule has 0 aromatic carbocycles. The van der Waals surface area contributed by atoms with Crippen LogP contribution in [0.25, 0.3) is 0 Å². The third kappa shape index (κ3) is 3.31. The minimum Gasteiger partial charge on any atom is -0.480 e. The first-order valence-corrected chi connectivity index (χ1v) is 8.86. The zero-order valence-electron chi connectivity index (χ0n) is 12.6. The molecule has 2 aliphatic rings. The van der Waals surface area contributed by atoms with E-state index in [4.69, 9.17) is 4.74 Å². The van der Waals surface area contributed by atoms with Crippen LogP contribution in [0.2, 0.25) is 0 Å². The second-order valence-corrected chi connectivity index (χ2v) is 7.31. The average molecular weight is 301 g/mol. The number of ether oxygens (including phenoxy) is 1. The molecule has 2 fully saturated rings. The summed E-state index contributed by atoms with van der Waals surface area (Å²) in [6.07, 6.45) is 5.31. The van der Waals surface area contributed by atoms with Gasteiger partial charge in [-0.1, -0.05) is 13.3 Å². The molecular formula is C15H27NO3S. The van der Waals surface area contributed by atoms with Gasteiger partial charge >= 0.3 is 5.97 Å². The van der Waals surface area contributed by atoms with Gasteiger partial charge in [0, 0.05) is 11.9 Å². The third-order valence-corrected chi connectivity index (χ3v) is 6.32. The Morgan fingerprint density at radius 2 is 2.30 bits per heavy atom. The Bertz CT molecular complexity index is 339. The summed E-state index contributed by atoms with van der Waals surface area (Å²) in [5.74, 6) is 0.651. The second-order valence-electron chi connectivity index (χ2n) is 5.96. The van der Waals surface area contributed by atoms with Gasteiger partial charge in [-0.2, -0.15) is 11.8 Å². The number of nitrogens with one attached hydrogen (secondary N) is 1. The molecule has 0 aromatic rings. The van der Waals surface area contributed by atoms with E-state index in [0.29, 0.717) is 11.4 Å². The molecule has 0 aromatic heterocycles. The molecule has 2 N–H and O–H groups in total. The topological polar surface area (TPSA) is 58.6 Å². The van der Waals surface area contributed by atoms with Gasteiger partial charge in [0.2, 0.25) is 0 Å². The van der Waals surface area contributed by atoms with E-state index in [2.05, 4.69) is 12.2 Å². The number of carbonyl (C=O) groups is 1. The maximum Gasteiger partial charge on any atom is 0.324 e. The summed E-state index contributed by atoms with van der Waals surface area (Å²) in [5.41, 5.74) is -0.674. The van der Waals surface area contributed by atoms with Crippen molar-refractivity contribution in [1.82, 2.24) is 5.32 Å². The molecule has 5 heteroatoms. The number of aliphatic carboxylic acids is 1. The number of carboxylic acid groups (broad SMARTS) is 1. The van der Waals surface area contributed by atoms with Crippen LogP contribution in [0.1, 0.15) is 46.0 Å². The Morgan fingerprint density at radius 3 is 2.90 bits per heavy atom. The molecule has 4 atom stereocenters. The predicted octanol–water partition coefficient (Wildman–Crippen LogP) is 2.52.